The van der Waals surface area contributed by atoms with E-state index >= 15 is 0 Å². The van der Waals surface area contributed by atoms with Crippen LogP contribution in [0.2, 0.25) is 0 Å². The summed E-state index contributed by atoms with van der Waals surface area (Å²) in [6, 6.07) is 5.90. The minimum Gasteiger partial charge on any atom is -0.327 e. The number of hydrogen-bond acceptors (Lipinski definition) is 6. The molecule has 3 aromatic rings. The Labute approximate surface area is 181 Å². The summed E-state index contributed by atoms with van der Waals surface area (Å²) in [5, 5.41) is 4.03. The summed E-state index contributed by atoms with van der Waals surface area (Å²) >= 11 is 1.54. The topological polar surface area (TPSA) is 99.0 Å². The lowest BCUT2D eigenvalue weighted by molar-refractivity contribution is -0.117. The summed E-state index contributed by atoms with van der Waals surface area (Å²) in [4.78, 5) is 32.2. The first-order valence-corrected chi connectivity index (χ1v) is 9.76. The number of carbonyl (C=O) groups is 1. The molecule has 0 saturated carbocycles. The molecule has 0 fully saturated rings. The highest BCUT2D eigenvalue weighted by atomic mass is 35.5. The average molecular weight is 451 g/mol. The fourth-order valence-electron chi connectivity index (χ4n) is 3.18. The molecule has 1 aliphatic heterocycles. The van der Waals surface area contributed by atoms with Gasteiger partial charge in [0, 0.05) is 40.7 Å². The van der Waals surface area contributed by atoms with Crippen LogP contribution in [0.1, 0.15) is 10.4 Å². The number of hydrogen-bond donors (Lipinski definition) is 1. The van der Waals surface area contributed by atoms with Crippen molar-refractivity contribution in [3.05, 3.63) is 63.6 Å². The lowest BCUT2D eigenvalue weighted by Gasteiger charge is -2.08. The van der Waals surface area contributed by atoms with Crippen LogP contribution in [0, 0.1) is 0 Å². The van der Waals surface area contributed by atoms with Crippen LogP contribution in [0.15, 0.2) is 47.4 Å². The van der Waals surface area contributed by atoms with Crippen molar-refractivity contribution >= 4 is 35.5 Å². The zero-order valence-electron chi connectivity index (χ0n) is 16.1. The van der Waals surface area contributed by atoms with E-state index in [1.807, 2.05) is 18.2 Å². The molecule has 0 unspecified atom stereocenters. The van der Waals surface area contributed by atoms with E-state index in [0.717, 1.165) is 20.9 Å². The summed E-state index contributed by atoms with van der Waals surface area (Å²) < 4.78 is 15.4. The maximum absolute atomic E-state index is 12.7. The van der Waals surface area contributed by atoms with Crippen LogP contribution in [-0.4, -0.2) is 38.8 Å². The van der Waals surface area contributed by atoms with Crippen molar-refractivity contribution in [3.8, 4) is 10.4 Å². The SMILES string of the molecule is CN1C(=O)Cc2cc(-c3ccc(Cn4cnn(C/C(=C/F)CN)c4=O)s3)cnc21.Cl. The van der Waals surface area contributed by atoms with Crippen molar-refractivity contribution in [1.29, 1.82) is 0 Å². The Morgan fingerprint density at radius 3 is 2.90 bits per heavy atom. The van der Waals surface area contributed by atoms with Crippen molar-refractivity contribution in [2.24, 2.45) is 5.73 Å². The molecule has 0 radical (unpaired) electrons. The number of rotatable bonds is 6. The lowest BCUT2D eigenvalue weighted by Crippen LogP contribution is -2.26. The number of likely N-dealkylation sites (N-methyl/N-ethyl adjacent to an activating group) is 1. The molecule has 2 N–H and O–H groups in total. The van der Waals surface area contributed by atoms with Gasteiger partial charge in [0.1, 0.15) is 12.1 Å². The number of nitrogens with two attached hydrogens (primary N) is 1. The van der Waals surface area contributed by atoms with Gasteiger partial charge in [-0.2, -0.15) is 5.10 Å². The van der Waals surface area contributed by atoms with E-state index in [9.17, 15) is 14.0 Å². The van der Waals surface area contributed by atoms with Crippen molar-refractivity contribution in [2.75, 3.05) is 18.5 Å². The second kappa shape index (κ2) is 8.90. The van der Waals surface area contributed by atoms with Gasteiger partial charge in [-0.05, 0) is 23.8 Å². The van der Waals surface area contributed by atoms with Gasteiger partial charge in [0.2, 0.25) is 5.91 Å². The molecule has 0 bridgehead atoms. The molecule has 4 heterocycles. The summed E-state index contributed by atoms with van der Waals surface area (Å²) in [7, 11) is 1.72. The molecule has 0 aliphatic carbocycles. The Hall–Kier alpha value is -2.82. The molecule has 1 amide bonds. The van der Waals surface area contributed by atoms with Crippen LogP contribution in [0.5, 0.6) is 0 Å². The molecule has 8 nitrogen and oxygen atoms in total. The zero-order chi connectivity index (χ0) is 20.5. The zero-order valence-corrected chi connectivity index (χ0v) is 17.7. The number of amides is 1. The molecular weight excluding hydrogens is 431 g/mol. The van der Waals surface area contributed by atoms with Crippen molar-refractivity contribution < 1.29 is 9.18 Å². The third kappa shape index (κ3) is 4.07. The van der Waals surface area contributed by atoms with E-state index in [4.69, 9.17) is 5.73 Å². The van der Waals surface area contributed by atoms with E-state index < -0.39 is 0 Å². The number of nitrogens with zero attached hydrogens (tertiary/aromatic N) is 5. The number of anilines is 1. The van der Waals surface area contributed by atoms with Gasteiger partial charge in [0.15, 0.2) is 0 Å². The van der Waals surface area contributed by atoms with Gasteiger partial charge < -0.3 is 5.73 Å². The molecule has 30 heavy (non-hydrogen) atoms. The first-order chi connectivity index (χ1) is 14.0. The van der Waals surface area contributed by atoms with Gasteiger partial charge in [-0.1, -0.05) is 0 Å². The average Bonchev–Trinajstić information content (AvgIpc) is 3.40. The first-order valence-electron chi connectivity index (χ1n) is 8.95. The molecule has 11 heteroatoms. The largest absolute Gasteiger partial charge is 0.346 e. The van der Waals surface area contributed by atoms with Crippen LogP contribution in [0.25, 0.3) is 10.4 Å². The Morgan fingerprint density at radius 2 is 2.17 bits per heavy atom. The highest BCUT2D eigenvalue weighted by Gasteiger charge is 2.25. The van der Waals surface area contributed by atoms with Gasteiger partial charge in [0.25, 0.3) is 0 Å². The van der Waals surface area contributed by atoms with Gasteiger partial charge in [-0.25, -0.2) is 18.9 Å². The maximum atomic E-state index is 12.7. The quantitative estimate of drug-likeness (QED) is 0.619. The van der Waals surface area contributed by atoms with Gasteiger partial charge in [-0.3, -0.25) is 14.3 Å². The van der Waals surface area contributed by atoms with Crippen molar-refractivity contribution in [3.63, 3.8) is 0 Å². The van der Waals surface area contributed by atoms with Gasteiger partial charge in [-0.15, -0.1) is 23.7 Å². The summed E-state index contributed by atoms with van der Waals surface area (Å²) in [6.45, 7) is 0.420. The number of pyridine rings is 1. The number of fused-ring (bicyclic) bond motifs is 1. The third-order valence-electron chi connectivity index (χ3n) is 4.81. The summed E-state index contributed by atoms with van der Waals surface area (Å²) in [6.07, 6.45) is 3.96. The molecule has 0 aromatic carbocycles. The third-order valence-corrected chi connectivity index (χ3v) is 5.93. The normalized spacial score (nSPS) is 13.5. The Bertz CT molecular complexity index is 1170. The Kier molecular flexibility index (Phi) is 6.49. The van der Waals surface area contributed by atoms with Crippen LogP contribution in [-0.2, 0) is 24.3 Å². The van der Waals surface area contributed by atoms with Crippen LogP contribution in [0.4, 0.5) is 10.2 Å². The first kappa shape index (κ1) is 21.9. The summed E-state index contributed by atoms with van der Waals surface area (Å²) in [5.41, 5.74) is 7.26. The standard InChI is InChI=1S/C19H19FN6O2S.ClH/c1-24-17(27)5-13-4-14(8-22-18(13)24)16-3-2-15(29-16)10-25-11-23-26(19(25)28)9-12(6-20)7-21;/h2-4,6,8,11H,5,7,9-10,21H2,1H3;1H/b12-6+;. The predicted octanol–water partition coefficient (Wildman–Crippen LogP) is 1.97. The number of thiophene rings is 1. The fourth-order valence-corrected chi connectivity index (χ4v) is 4.17. The predicted molar refractivity (Wildman–Crippen MR) is 116 cm³/mol. The Balaban J connectivity index is 0.00000256. The smallest absolute Gasteiger partial charge is 0.327 e. The summed E-state index contributed by atoms with van der Waals surface area (Å²) in [5.74, 6) is 0.738. The minimum absolute atomic E-state index is 0. The maximum Gasteiger partial charge on any atom is 0.346 e. The van der Waals surface area contributed by atoms with E-state index in [1.54, 1.807) is 29.5 Å². The molecule has 158 valence electrons. The van der Waals surface area contributed by atoms with Crippen LogP contribution < -0.4 is 16.3 Å². The van der Waals surface area contributed by atoms with E-state index in [1.165, 1.54) is 15.6 Å². The lowest BCUT2D eigenvalue weighted by atomic mass is 10.1. The van der Waals surface area contributed by atoms with Crippen LogP contribution >= 0.6 is 23.7 Å². The molecular formula is C19H20ClFN6O2S. The highest BCUT2D eigenvalue weighted by molar-refractivity contribution is 7.15. The fraction of sp³-hybridized carbons (Fsp3) is 0.263. The molecule has 1 aliphatic rings. The minimum atomic E-state index is -0.325. The molecule has 4 rings (SSSR count). The van der Waals surface area contributed by atoms with Crippen molar-refractivity contribution in [2.45, 2.75) is 19.5 Å². The van der Waals surface area contributed by atoms with E-state index in [2.05, 4.69) is 10.1 Å². The van der Waals surface area contributed by atoms with E-state index in [0.29, 0.717) is 30.7 Å². The van der Waals surface area contributed by atoms with Gasteiger partial charge >= 0.3 is 5.69 Å². The Morgan fingerprint density at radius 1 is 1.37 bits per heavy atom. The monoisotopic (exact) mass is 450 g/mol. The second-order valence-electron chi connectivity index (χ2n) is 6.77. The van der Waals surface area contributed by atoms with Crippen molar-refractivity contribution in [1.82, 2.24) is 19.3 Å². The van der Waals surface area contributed by atoms with E-state index in [-0.39, 0.29) is 37.1 Å². The number of halogens is 2. The molecule has 3 aromatic heterocycles. The van der Waals surface area contributed by atoms with Gasteiger partial charge in [0.05, 0.1) is 25.8 Å². The highest BCUT2D eigenvalue weighted by Crippen LogP contribution is 2.33. The number of aromatic nitrogens is 4. The molecule has 0 spiro atoms. The second-order valence-corrected chi connectivity index (χ2v) is 7.94. The molecule has 0 saturated heterocycles. The van der Waals surface area contributed by atoms with Crippen LogP contribution in [0.3, 0.4) is 0 Å². The number of carbonyl (C=O) groups excluding carboxylic acids is 1. The molecule has 0 atom stereocenters.